The van der Waals surface area contributed by atoms with Gasteiger partial charge in [0.2, 0.25) is 0 Å². The van der Waals surface area contributed by atoms with Crippen molar-refractivity contribution in [3.8, 4) is 5.75 Å². The lowest BCUT2D eigenvalue weighted by Crippen LogP contribution is -2.31. The molecule has 0 aliphatic carbocycles. The van der Waals surface area contributed by atoms with Crippen LogP contribution in [0.25, 0.3) is 0 Å². The minimum absolute atomic E-state index is 0.122. The first-order valence-corrected chi connectivity index (χ1v) is 9.46. The third-order valence-corrected chi connectivity index (χ3v) is 4.94. The number of rotatable bonds is 5. The van der Waals surface area contributed by atoms with E-state index in [0.29, 0.717) is 5.56 Å². The number of hydrogen-bond acceptors (Lipinski definition) is 4. The van der Waals surface area contributed by atoms with Crippen LogP contribution in [0.3, 0.4) is 0 Å². The molecule has 0 unspecified atom stereocenters. The number of nitrogens with zero attached hydrogens (tertiary/aromatic N) is 3. The van der Waals surface area contributed by atoms with Crippen molar-refractivity contribution in [3.05, 3.63) is 71.4 Å². The van der Waals surface area contributed by atoms with Crippen molar-refractivity contribution in [2.75, 3.05) is 23.9 Å². The average molecular weight is 376 g/mol. The summed E-state index contributed by atoms with van der Waals surface area (Å²) in [6.45, 7) is 4.83. The second-order valence-corrected chi connectivity index (χ2v) is 7.02. The molecule has 2 aromatic carbocycles. The number of amides is 1. The Balaban J connectivity index is 1.41. The Morgan fingerprint density at radius 2 is 1.86 bits per heavy atom. The minimum Gasteiger partial charge on any atom is -0.497 e. The van der Waals surface area contributed by atoms with Gasteiger partial charge in [-0.05, 0) is 55.3 Å². The number of benzene rings is 2. The van der Waals surface area contributed by atoms with Gasteiger partial charge in [-0.25, -0.2) is 4.68 Å². The van der Waals surface area contributed by atoms with E-state index in [-0.39, 0.29) is 5.91 Å². The Labute approximate surface area is 164 Å². The van der Waals surface area contributed by atoms with Crippen molar-refractivity contribution in [2.45, 2.75) is 26.4 Å². The second-order valence-electron chi connectivity index (χ2n) is 7.02. The number of hydrogen-bond donors (Lipinski definition) is 1. The third-order valence-electron chi connectivity index (χ3n) is 4.94. The standard InChI is InChI=1S/C22H24N4O2/c1-16-14-21-25(12-3-13-26(21)24-16)15-17-4-6-18(7-5-17)22(27)23-19-8-10-20(28-2)11-9-19/h4-11,14H,3,12-13,15H2,1-2H3,(H,23,27). The van der Waals surface area contributed by atoms with Gasteiger partial charge in [-0.2, -0.15) is 5.10 Å². The fourth-order valence-corrected chi connectivity index (χ4v) is 3.50. The fraction of sp³-hybridized carbons (Fsp3) is 0.273. The monoisotopic (exact) mass is 376 g/mol. The molecule has 6 nitrogen and oxygen atoms in total. The zero-order valence-corrected chi connectivity index (χ0v) is 16.2. The van der Waals surface area contributed by atoms with Crippen LogP contribution in [0.1, 0.15) is 28.0 Å². The molecule has 0 saturated heterocycles. The molecule has 0 fully saturated rings. The van der Waals surface area contributed by atoms with Crippen LogP contribution in [0.5, 0.6) is 5.75 Å². The summed E-state index contributed by atoms with van der Waals surface area (Å²) >= 11 is 0. The van der Waals surface area contributed by atoms with Crippen molar-refractivity contribution >= 4 is 17.4 Å². The van der Waals surface area contributed by atoms with E-state index in [4.69, 9.17) is 4.74 Å². The summed E-state index contributed by atoms with van der Waals surface area (Å²) in [5.74, 6) is 1.81. The first-order valence-electron chi connectivity index (χ1n) is 9.46. The van der Waals surface area contributed by atoms with Gasteiger partial charge >= 0.3 is 0 Å². The van der Waals surface area contributed by atoms with Crippen molar-refractivity contribution < 1.29 is 9.53 Å². The zero-order chi connectivity index (χ0) is 19.5. The van der Waals surface area contributed by atoms with Crippen LogP contribution >= 0.6 is 0 Å². The Hall–Kier alpha value is -3.28. The smallest absolute Gasteiger partial charge is 0.255 e. The summed E-state index contributed by atoms with van der Waals surface area (Å²) in [5, 5.41) is 7.45. The van der Waals surface area contributed by atoms with Gasteiger partial charge in [-0.15, -0.1) is 0 Å². The van der Waals surface area contributed by atoms with Gasteiger partial charge in [0.25, 0.3) is 5.91 Å². The lowest BCUT2D eigenvalue weighted by atomic mass is 10.1. The highest BCUT2D eigenvalue weighted by molar-refractivity contribution is 6.04. The summed E-state index contributed by atoms with van der Waals surface area (Å²) < 4.78 is 7.21. The first-order chi connectivity index (χ1) is 13.6. The number of methoxy groups -OCH3 is 1. The summed E-state index contributed by atoms with van der Waals surface area (Å²) in [4.78, 5) is 14.8. The molecule has 6 heteroatoms. The van der Waals surface area contributed by atoms with Crippen molar-refractivity contribution in [2.24, 2.45) is 0 Å². The van der Waals surface area contributed by atoms with Gasteiger partial charge in [0, 0.05) is 37.0 Å². The molecule has 4 rings (SSSR count). The predicted molar refractivity (Wildman–Crippen MR) is 110 cm³/mol. The normalized spacial score (nSPS) is 13.1. The van der Waals surface area contributed by atoms with Crippen molar-refractivity contribution in [1.82, 2.24) is 9.78 Å². The third kappa shape index (κ3) is 3.86. The molecule has 0 radical (unpaired) electrons. The fourth-order valence-electron chi connectivity index (χ4n) is 3.50. The maximum atomic E-state index is 12.5. The van der Waals surface area contributed by atoms with E-state index in [0.717, 1.165) is 43.2 Å². The van der Waals surface area contributed by atoms with Gasteiger partial charge in [-0.1, -0.05) is 12.1 Å². The maximum Gasteiger partial charge on any atom is 0.255 e. The van der Waals surface area contributed by atoms with Crippen LogP contribution in [0.2, 0.25) is 0 Å². The molecular formula is C22H24N4O2. The average Bonchev–Trinajstić information content (AvgIpc) is 3.10. The lowest BCUT2D eigenvalue weighted by molar-refractivity contribution is 0.102. The molecule has 3 aromatic rings. The number of aromatic nitrogens is 2. The summed E-state index contributed by atoms with van der Waals surface area (Å²) in [5.41, 5.74) is 3.60. The topological polar surface area (TPSA) is 59.4 Å². The highest BCUT2D eigenvalue weighted by atomic mass is 16.5. The number of ether oxygens (including phenoxy) is 1. The number of aryl methyl sites for hydroxylation is 2. The van der Waals surface area contributed by atoms with Gasteiger partial charge < -0.3 is 15.0 Å². The van der Waals surface area contributed by atoms with Gasteiger partial charge in [0.1, 0.15) is 11.6 Å². The highest BCUT2D eigenvalue weighted by Gasteiger charge is 2.18. The van der Waals surface area contributed by atoms with E-state index in [2.05, 4.69) is 26.1 Å². The van der Waals surface area contributed by atoms with Crippen LogP contribution in [0, 0.1) is 6.92 Å². The molecule has 1 aromatic heterocycles. The SMILES string of the molecule is COc1ccc(NC(=O)c2ccc(CN3CCCn4nc(C)cc43)cc2)cc1. The van der Waals surface area contributed by atoms with E-state index < -0.39 is 0 Å². The zero-order valence-electron chi connectivity index (χ0n) is 16.2. The van der Waals surface area contributed by atoms with Crippen LogP contribution in [0.4, 0.5) is 11.5 Å². The number of nitrogens with one attached hydrogen (secondary N) is 1. The molecule has 1 N–H and O–H groups in total. The summed E-state index contributed by atoms with van der Waals surface area (Å²) in [6.07, 6.45) is 1.09. The molecule has 0 atom stereocenters. The van der Waals surface area contributed by atoms with E-state index >= 15 is 0 Å². The maximum absolute atomic E-state index is 12.5. The van der Waals surface area contributed by atoms with Crippen LogP contribution in [-0.2, 0) is 13.1 Å². The Kier molecular flexibility index (Phi) is 5.02. The van der Waals surface area contributed by atoms with Gasteiger partial charge in [-0.3, -0.25) is 4.79 Å². The lowest BCUT2D eigenvalue weighted by Gasteiger charge is -2.29. The minimum atomic E-state index is -0.122. The number of anilines is 2. The molecule has 1 aliphatic rings. The van der Waals surface area contributed by atoms with Crippen LogP contribution < -0.4 is 15.0 Å². The number of carbonyl (C=O) groups is 1. The predicted octanol–water partition coefficient (Wildman–Crippen LogP) is 3.86. The van der Waals surface area contributed by atoms with Crippen molar-refractivity contribution in [1.29, 1.82) is 0 Å². The van der Waals surface area contributed by atoms with Gasteiger partial charge in [0.15, 0.2) is 0 Å². The van der Waals surface area contributed by atoms with Crippen LogP contribution in [0.15, 0.2) is 54.6 Å². The van der Waals surface area contributed by atoms with Gasteiger partial charge in [0.05, 0.1) is 12.8 Å². The van der Waals surface area contributed by atoms with Crippen molar-refractivity contribution in [3.63, 3.8) is 0 Å². The summed E-state index contributed by atoms with van der Waals surface area (Å²) in [6, 6.07) is 17.2. The number of carbonyl (C=O) groups excluding carboxylic acids is 1. The molecule has 2 heterocycles. The van der Waals surface area contributed by atoms with E-state index in [1.807, 2.05) is 55.5 Å². The van der Waals surface area contributed by atoms with E-state index in [1.54, 1.807) is 7.11 Å². The molecule has 0 saturated carbocycles. The largest absolute Gasteiger partial charge is 0.497 e. The van der Waals surface area contributed by atoms with E-state index in [1.165, 1.54) is 11.4 Å². The summed E-state index contributed by atoms with van der Waals surface area (Å²) in [7, 11) is 1.62. The molecule has 144 valence electrons. The van der Waals surface area contributed by atoms with E-state index in [9.17, 15) is 4.79 Å². The first kappa shape index (κ1) is 18.1. The van der Waals surface area contributed by atoms with Crippen LogP contribution in [-0.4, -0.2) is 29.3 Å². The molecular weight excluding hydrogens is 352 g/mol. The molecule has 0 bridgehead atoms. The number of fused-ring (bicyclic) bond motifs is 1. The Bertz CT molecular complexity index is 961. The molecule has 1 aliphatic heterocycles. The molecule has 1 amide bonds. The Morgan fingerprint density at radius 1 is 1.11 bits per heavy atom. The quantitative estimate of drug-likeness (QED) is 0.735. The highest BCUT2D eigenvalue weighted by Crippen LogP contribution is 2.24. The molecule has 28 heavy (non-hydrogen) atoms. The molecule has 0 spiro atoms. The Morgan fingerprint density at radius 3 is 2.57 bits per heavy atom. The second kappa shape index (κ2) is 7.76.